The summed E-state index contributed by atoms with van der Waals surface area (Å²) >= 11 is 0. The lowest BCUT2D eigenvalue weighted by Crippen LogP contribution is -2.13. The number of hydrogen-bond donors (Lipinski definition) is 2. The second kappa shape index (κ2) is 4.72. The Morgan fingerprint density at radius 3 is 2.71 bits per heavy atom. The highest BCUT2D eigenvalue weighted by atomic mass is 15.2. The van der Waals surface area contributed by atoms with Gasteiger partial charge in [-0.3, -0.25) is 0 Å². The number of aromatic amines is 1. The number of hydrogen-bond acceptors (Lipinski definition) is 7. The molecule has 0 aliphatic carbocycles. The third-order valence-electron chi connectivity index (χ3n) is 2.98. The summed E-state index contributed by atoms with van der Waals surface area (Å²) in [6.45, 7) is 0. The zero-order chi connectivity index (χ0) is 15.0. The summed E-state index contributed by atoms with van der Waals surface area (Å²) in [6.07, 6.45) is 4.75. The molecule has 0 aliphatic heterocycles. The summed E-state index contributed by atoms with van der Waals surface area (Å²) in [5.41, 5.74) is 8.57. The van der Waals surface area contributed by atoms with Gasteiger partial charge in [0, 0.05) is 26.5 Å². The van der Waals surface area contributed by atoms with Gasteiger partial charge in [-0.25, -0.2) is 15.0 Å². The molecule has 3 heterocycles. The smallest absolute Gasteiger partial charge is 0.226 e. The van der Waals surface area contributed by atoms with Gasteiger partial charge in [0.25, 0.3) is 0 Å². The molecule has 3 rings (SSSR count). The third kappa shape index (κ3) is 2.10. The van der Waals surface area contributed by atoms with Crippen LogP contribution in [-0.2, 0) is 0 Å². The highest BCUT2D eigenvalue weighted by Gasteiger charge is 2.12. The minimum absolute atomic E-state index is 0.316. The van der Waals surface area contributed by atoms with Gasteiger partial charge in [0.05, 0.1) is 23.0 Å². The summed E-state index contributed by atoms with van der Waals surface area (Å²) < 4.78 is 0. The first-order valence-electron chi connectivity index (χ1n) is 6.14. The zero-order valence-corrected chi connectivity index (χ0v) is 11.5. The molecular weight excluding hydrogens is 268 g/mol. The number of nitrogen functional groups attached to an aromatic ring is 1. The molecule has 0 saturated carbocycles. The fraction of sp³-hybridized carbons (Fsp3) is 0.154. The van der Waals surface area contributed by atoms with Gasteiger partial charge in [-0.2, -0.15) is 10.2 Å². The quantitative estimate of drug-likeness (QED) is 0.716. The van der Waals surface area contributed by atoms with Gasteiger partial charge < -0.3 is 15.6 Å². The fourth-order valence-electron chi connectivity index (χ4n) is 1.90. The first-order chi connectivity index (χ1) is 10.1. The molecule has 21 heavy (non-hydrogen) atoms. The van der Waals surface area contributed by atoms with Gasteiger partial charge in [-0.1, -0.05) is 0 Å². The van der Waals surface area contributed by atoms with Gasteiger partial charge in [0.15, 0.2) is 5.65 Å². The first kappa shape index (κ1) is 12.8. The Morgan fingerprint density at radius 1 is 1.24 bits per heavy atom. The van der Waals surface area contributed by atoms with Crippen molar-refractivity contribution in [3.63, 3.8) is 0 Å². The van der Waals surface area contributed by atoms with E-state index in [4.69, 9.17) is 11.0 Å². The van der Waals surface area contributed by atoms with E-state index in [0.29, 0.717) is 39.8 Å². The average Bonchev–Trinajstić information content (AvgIpc) is 2.89. The number of aromatic nitrogens is 5. The van der Waals surface area contributed by atoms with Crippen molar-refractivity contribution >= 4 is 22.9 Å². The molecule has 0 saturated heterocycles. The van der Waals surface area contributed by atoms with Crippen LogP contribution in [0.1, 0.15) is 5.56 Å². The Kier molecular flexibility index (Phi) is 2.88. The Labute approximate surface area is 120 Å². The first-order valence-corrected chi connectivity index (χ1v) is 6.14. The number of rotatable bonds is 2. The highest BCUT2D eigenvalue weighted by molar-refractivity contribution is 5.82. The molecule has 0 bridgehead atoms. The summed E-state index contributed by atoms with van der Waals surface area (Å²) in [7, 11) is 3.67. The van der Waals surface area contributed by atoms with Crippen LogP contribution in [0.25, 0.3) is 22.4 Å². The Balaban J connectivity index is 2.14. The molecule has 3 aromatic heterocycles. The minimum Gasteiger partial charge on any atom is -0.383 e. The molecule has 8 heteroatoms. The van der Waals surface area contributed by atoms with E-state index in [1.807, 2.05) is 14.1 Å². The van der Waals surface area contributed by atoms with Crippen molar-refractivity contribution in [1.82, 2.24) is 24.9 Å². The molecule has 3 N–H and O–H groups in total. The van der Waals surface area contributed by atoms with Gasteiger partial charge in [-0.15, -0.1) is 0 Å². The van der Waals surface area contributed by atoms with E-state index in [2.05, 4.69) is 31.0 Å². The standard InChI is InChI=1S/C13H12N8/c1-21(2)13-18-5-8(11(15)20-13)9-6-17-12-10(19-9)7(3-14)4-16-12/h4-6H,1-2H3,(H,16,17)(H2,15,18,20). The van der Waals surface area contributed by atoms with Crippen molar-refractivity contribution in [2.45, 2.75) is 0 Å². The molecule has 0 aromatic carbocycles. The van der Waals surface area contributed by atoms with Gasteiger partial charge >= 0.3 is 0 Å². The summed E-state index contributed by atoms with van der Waals surface area (Å²) in [5, 5.41) is 9.05. The van der Waals surface area contributed by atoms with Crippen LogP contribution in [0.4, 0.5) is 11.8 Å². The van der Waals surface area contributed by atoms with Crippen LogP contribution < -0.4 is 10.6 Å². The van der Waals surface area contributed by atoms with Gasteiger partial charge in [-0.05, 0) is 0 Å². The lowest BCUT2D eigenvalue weighted by molar-refractivity contribution is 1.00. The number of nitrogens with two attached hydrogens (primary N) is 1. The molecule has 3 aromatic rings. The lowest BCUT2D eigenvalue weighted by Gasteiger charge is -2.11. The van der Waals surface area contributed by atoms with Gasteiger partial charge in [0.2, 0.25) is 5.95 Å². The zero-order valence-electron chi connectivity index (χ0n) is 11.5. The van der Waals surface area contributed by atoms with Crippen LogP contribution in [0.3, 0.4) is 0 Å². The van der Waals surface area contributed by atoms with Crippen LogP contribution >= 0.6 is 0 Å². The van der Waals surface area contributed by atoms with E-state index < -0.39 is 0 Å². The van der Waals surface area contributed by atoms with Crippen LogP contribution in [0.5, 0.6) is 0 Å². The maximum absolute atomic E-state index is 9.05. The van der Waals surface area contributed by atoms with Crippen LogP contribution in [0.15, 0.2) is 18.6 Å². The Morgan fingerprint density at radius 2 is 2.05 bits per heavy atom. The monoisotopic (exact) mass is 280 g/mol. The SMILES string of the molecule is CN(C)c1ncc(-c2cnc3[nH]cc(C#N)c3n2)c(N)n1. The van der Waals surface area contributed by atoms with E-state index in [9.17, 15) is 0 Å². The molecule has 0 unspecified atom stereocenters. The highest BCUT2D eigenvalue weighted by Crippen LogP contribution is 2.25. The second-order valence-corrected chi connectivity index (χ2v) is 4.63. The predicted molar refractivity (Wildman–Crippen MR) is 78.4 cm³/mol. The maximum atomic E-state index is 9.05. The lowest BCUT2D eigenvalue weighted by atomic mass is 10.2. The van der Waals surface area contributed by atoms with E-state index in [1.165, 1.54) is 0 Å². The summed E-state index contributed by atoms with van der Waals surface area (Å²) in [4.78, 5) is 21.7. The topological polar surface area (TPSA) is 120 Å². The number of nitrogens with zero attached hydrogens (tertiary/aromatic N) is 6. The van der Waals surface area contributed by atoms with Crippen molar-refractivity contribution < 1.29 is 0 Å². The predicted octanol–water partition coefficient (Wildman–Crippen LogP) is 0.935. The van der Waals surface area contributed by atoms with Crippen LogP contribution in [-0.4, -0.2) is 39.0 Å². The van der Waals surface area contributed by atoms with Crippen molar-refractivity contribution in [2.75, 3.05) is 24.7 Å². The number of nitriles is 1. The van der Waals surface area contributed by atoms with E-state index in [-0.39, 0.29) is 0 Å². The van der Waals surface area contributed by atoms with Crippen molar-refractivity contribution in [1.29, 1.82) is 5.26 Å². The molecule has 0 aliphatic rings. The Hall–Kier alpha value is -3.21. The molecule has 0 amide bonds. The van der Waals surface area contributed by atoms with Gasteiger partial charge in [0.1, 0.15) is 17.4 Å². The fourth-order valence-corrected chi connectivity index (χ4v) is 1.90. The molecule has 8 nitrogen and oxygen atoms in total. The number of H-pyrrole nitrogens is 1. The second-order valence-electron chi connectivity index (χ2n) is 4.63. The molecule has 0 fully saturated rings. The maximum Gasteiger partial charge on any atom is 0.226 e. The largest absolute Gasteiger partial charge is 0.383 e. The normalized spacial score (nSPS) is 10.5. The molecule has 0 spiro atoms. The number of anilines is 2. The van der Waals surface area contributed by atoms with E-state index in [1.54, 1.807) is 23.5 Å². The number of nitrogens with one attached hydrogen (secondary N) is 1. The molecule has 0 atom stereocenters. The van der Waals surface area contributed by atoms with Crippen molar-refractivity contribution in [3.05, 3.63) is 24.2 Å². The third-order valence-corrected chi connectivity index (χ3v) is 2.98. The Bertz CT molecular complexity index is 858. The van der Waals surface area contributed by atoms with Crippen molar-refractivity contribution in [3.8, 4) is 17.3 Å². The number of fused-ring (bicyclic) bond motifs is 1. The summed E-state index contributed by atoms with van der Waals surface area (Å²) in [5.74, 6) is 0.834. The average molecular weight is 280 g/mol. The van der Waals surface area contributed by atoms with Crippen LogP contribution in [0.2, 0.25) is 0 Å². The van der Waals surface area contributed by atoms with Crippen LogP contribution in [0, 0.1) is 11.3 Å². The molecular formula is C13H12N8. The van der Waals surface area contributed by atoms with Crippen molar-refractivity contribution in [2.24, 2.45) is 0 Å². The van der Waals surface area contributed by atoms with E-state index >= 15 is 0 Å². The summed E-state index contributed by atoms with van der Waals surface area (Å²) in [6, 6.07) is 2.06. The van der Waals surface area contributed by atoms with E-state index in [0.717, 1.165) is 0 Å². The minimum atomic E-state index is 0.316. The molecule has 0 radical (unpaired) electrons. The molecule has 104 valence electrons.